The van der Waals surface area contributed by atoms with Crippen molar-refractivity contribution >= 4 is 34.7 Å². The molecule has 0 aliphatic carbocycles. The van der Waals surface area contributed by atoms with Crippen LogP contribution in [0.5, 0.6) is 0 Å². The predicted octanol–water partition coefficient (Wildman–Crippen LogP) is 1.01. The van der Waals surface area contributed by atoms with Crippen molar-refractivity contribution in [1.29, 1.82) is 0 Å². The highest BCUT2D eigenvalue weighted by Crippen LogP contribution is 2.39. The quantitative estimate of drug-likeness (QED) is 0.226. The Morgan fingerprint density at radius 1 is 1.16 bits per heavy atom. The third-order valence-corrected chi connectivity index (χ3v) is 5.36. The van der Waals surface area contributed by atoms with Crippen LogP contribution in [0.3, 0.4) is 0 Å². The predicted molar refractivity (Wildman–Crippen MR) is 113 cm³/mol. The van der Waals surface area contributed by atoms with E-state index in [2.05, 4.69) is 0 Å². The molecule has 1 aliphatic heterocycles. The summed E-state index contributed by atoms with van der Waals surface area (Å²) in [5, 5.41) is 24.9. The van der Waals surface area contributed by atoms with Crippen LogP contribution in [0.4, 0.5) is 5.69 Å². The van der Waals surface area contributed by atoms with Gasteiger partial charge in [0.25, 0.3) is 11.6 Å². The number of ketones is 1. The number of nitro benzene ring substituents is 1. The van der Waals surface area contributed by atoms with Gasteiger partial charge in [-0.15, -0.1) is 0 Å². The molecule has 1 saturated heterocycles. The summed E-state index contributed by atoms with van der Waals surface area (Å²) in [7, 11) is 3.94. The molecule has 0 saturated carbocycles. The minimum absolute atomic E-state index is 0.180. The zero-order valence-corrected chi connectivity index (χ0v) is 17.9. The second-order valence-corrected chi connectivity index (χ2v) is 8.08. The number of nitro groups is 1. The molecule has 2 aromatic rings. The Hall–Kier alpha value is -3.23. The fraction of sp³-hybridized carbons (Fsp3) is 0.273. The smallest absolute Gasteiger partial charge is 0.295 e. The molecule has 1 N–H and O–H groups in total. The highest BCUT2D eigenvalue weighted by atomic mass is 35.5. The number of carbonyl (C=O) groups is 2. The van der Waals surface area contributed by atoms with Crippen LogP contribution in [0.25, 0.3) is 5.76 Å². The Balaban J connectivity index is 2.13. The van der Waals surface area contributed by atoms with E-state index in [4.69, 9.17) is 11.6 Å². The van der Waals surface area contributed by atoms with E-state index in [-0.39, 0.29) is 23.4 Å². The number of likely N-dealkylation sites (tertiary alicyclic amines) is 1. The zero-order valence-electron chi connectivity index (χ0n) is 17.1. The van der Waals surface area contributed by atoms with Gasteiger partial charge in [-0.1, -0.05) is 41.6 Å². The highest BCUT2D eigenvalue weighted by molar-refractivity contribution is 6.46. The molecular weight excluding hydrogens is 422 g/mol. The van der Waals surface area contributed by atoms with Crippen molar-refractivity contribution in [1.82, 2.24) is 4.90 Å². The number of rotatable bonds is 7. The summed E-state index contributed by atoms with van der Waals surface area (Å²) in [6.07, 6.45) is 0.606. The summed E-state index contributed by atoms with van der Waals surface area (Å²) in [6, 6.07) is 10.7. The molecule has 1 heterocycles. The molecule has 1 fully saturated rings. The normalized spacial score (nSPS) is 18.1. The minimum Gasteiger partial charge on any atom is -0.872 e. The van der Waals surface area contributed by atoms with Crippen LogP contribution < -0.4 is 10.0 Å². The number of halogens is 1. The van der Waals surface area contributed by atoms with Crippen molar-refractivity contribution in [3.63, 3.8) is 0 Å². The number of amides is 1. The monoisotopic (exact) mass is 443 g/mol. The highest BCUT2D eigenvalue weighted by Gasteiger charge is 2.44. The van der Waals surface area contributed by atoms with Crippen LogP contribution in [0.15, 0.2) is 54.1 Å². The van der Waals surface area contributed by atoms with Gasteiger partial charge >= 0.3 is 0 Å². The zero-order chi connectivity index (χ0) is 22.7. The van der Waals surface area contributed by atoms with Gasteiger partial charge in [0, 0.05) is 35.7 Å². The van der Waals surface area contributed by atoms with E-state index in [9.17, 15) is 24.8 Å². The summed E-state index contributed by atoms with van der Waals surface area (Å²) >= 11 is 5.89. The molecule has 1 unspecified atom stereocenters. The van der Waals surface area contributed by atoms with E-state index in [0.29, 0.717) is 17.0 Å². The average molecular weight is 444 g/mol. The van der Waals surface area contributed by atoms with Crippen LogP contribution in [-0.2, 0) is 9.59 Å². The van der Waals surface area contributed by atoms with Crippen molar-refractivity contribution in [2.24, 2.45) is 0 Å². The van der Waals surface area contributed by atoms with Gasteiger partial charge in [-0.05, 0) is 23.3 Å². The van der Waals surface area contributed by atoms with Gasteiger partial charge in [0.15, 0.2) is 0 Å². The summed E-state index contributed by atoms with van der Waals surface area (Å²) < 4.78 is 0. The van der Waals surface area contributed by atoms with Crippen LogP contribution in [-0.4, -0.2) is 48.7 Å². The van der Waals surface area contributed by atoms with Gasteiger partial charge in [0.2, 0.25) is 5.78 Å². The third-order valence-electron chi connectivity index (χ3n) is 5.11. The number of Topliss-reactive ketones (excluding diaryl/α,β-unsaturated/α-hetero) is 1. The Kier molecular flexibility index (Phi) is 6.72. The molecule has 0 aromatic heterocycles. The lowest BCUT2D eigenvalue weighted by molar-refractivity contribution is -0.858. The first kappa shape index (κ1) is 22.5. The second kappa shape index (κ2) is 9.28. The molecule has 0 spiro atoms. The molecule has 162 valence electrons. The average Bonchev–Trinajstić information content (AvgIpc) is 2.98. The van der Waals surface area contributed by atoms with Crippen molar-refractivity contribution in [2.45, 2.75) is 12.5 Å². The molecule has 31 heavy (non-hydrogen) atoms. The number of non-ortho nitro benzene ring substituents is 1. The Labute approximate surface area is 184 Å². The first-order chi connectivity index (χ1) is 14.7. The van der Waals surface area contributed by atoms with Crippen LogP contribution in [0, 0.1) is 10.1 Å². The van der Waals surface area contributed by atoms with Gasteiger partial charge in [0.05, 0.1) is 31.6 Å². The van der Waals surface area contributed by atoms with E-state index in [1.807, 2.05) is 14.1 Å². The Morgan fingerprint density at radius 3 is 2.45 bits per heavy atom. The maximum atomic E-state index is 13.2. The van der Waals surface area contributed by atoms with Gasteiger partial charge in [0.1, 0.15) is 0 Å². The van der Waals surface area contributed by atoms with Gasteiger partial charge < -0.3 is 14.9 Å². The standard InChI is InChI=1S/C22H22ClN3O5/c1-24(2)11-4-12-25-19(15-5-3-6-17(13-15)26(30)31)18(21(28)22(25)29)20(27)14-7-9-16(23)10-8-14/h3,5-10,13,19,27H,4,11-12H2,1-2H3/b20-18+. The number of nitrogens with zero attached hydrogens (tertiary/aromatic N) is 2. The SMILES string of the molecule is C[NH+](C)CCCN1C(=O)C(=O)/C(=C(/[O-])c2ccc(Cl)cc2)C1c1cccc([N+](=O)[O-])c1. The van der Waals surface area contributed by atoms with Crippen molar-refractivity contribution in [2.75, 3.05) is 27.2 Å². The Bertz CT molecular complexity index is 1050. The van der Waals surface area contributed by atoms with Crippen LogP contribution in [0.2, 0.25) is 5.02 Å². The molecule has 1 aliphatic rings. The summed E-state index contributed by atoms with van der Waals surface area (Å²) in [5.74, 6) is -2.25. The molecule has 1 amide bonds. The van der Waals surface area contributed by atoms with E-state index in [1.54, 1.807) is 6.07 Å². The third kappa shape index (κ3) is 4.76. The van der Waals surface area contributed by atoms with E-state index in [1.165, 1.54) is 52.3 Å². The molecule has 1 atom stereocenters. The number of carbonyl (C=O) groups excluding carboxylic acids is 2. The largest absolute Gasteiger partial charge is 0.872 e. The minimum atomic E-state index is -0.986. The summed E-state index contributed by atoms with van der Waals surface area (Å²) in [5.41, 5.74) is 0.184. The molecule has 3 rings (SSSR count). The lowest BCUT2D eigenvalue weighted by Gasteiger charge is -2.27. The molecule has 0 bridgehead atoms. The second-order valence-electron chi connectivity index (χ2n) is 7.64. The Morgan fingerprint density at radius 2 is 1.84 bits per heavy atom. The van der Waals surface area contributed by atoms with Gasteiger partial charge in [-0.3, -0.25) is 19.7 Å². The lowest BCUT2D eigenvalue weighted by atomic mass is 9.95. The number of hydrogen-bond donors (Lipinski definition) is 1. The molecule has 0 radical (unpaired) electrons. The first-order valence-corrected chi connectivity index (χ1v) is 10.1. The molecule has 9 heteroatoms. The van der Waals surface area contributed by atoms with Gasteiger partial charge in [-0.25, -0.2) is 0 Å². The number of nitrogens with one attached hydrogen (secondary N) is 1. The van der Waals surface area contributed by atoms with Crippen LogP contribution in [0.1, 0.15) is 23.6 Å². The molecule has 8 nitrogen and oxygen atoms in total. The number of hydrogen-bond acceptors (Lipinski definition) is 5. The van der Waals surface area contributed by atoms with Gasteiger partial charge in [-0.2, -0.15) is 0 Å². The summed E-state index contributed by atoms with van der Waals surface area (Å²) in [6.45, 7) is 1.00. The number of benzene rings is 2. The van der Waals surface area contributed by atoms with E-state index < -0.39 is 28.4 Å². The number of quaternary nitrogens is 1. The van der Waals surface area contributed by atoms with Crippen molar-refractivity contribution < 1.29 is 24.5 Å². The maximum Gasteiger partial charge on any atom is 0.295 e. The maximum absolute atomic E-state index is 13.2. The first-order valence-electron chi connectivity index (χ1n) is 9.76. The van der Waals surface area contributed by atoms with Crippen molar-refractivity contribution in [3.8, 4) is 0 Å². The molecule has 2 aromatic carbocycles. The summed E-state index contributed by atoms with van der Waals surface area (Å²) in [4.78, 5) is 38.9. The van der Waals surface area contributed by atoms with Crippen molar-refractivity contribution in [3.05, 3.63) is 80.4 Å². The molecular formula is C22H22ClN3O5. The fourth-order valence-corrected chi connectivity index (χ4v) is 3.74. The lowest BCUT2D eigenvalue weighted by Crippen LogP contribution is -3.05. The fourth-order valence-electron chi connectivity index (χ4n) is 3.62. The van der Waals surface area contributed by atoms with E-state index in [0.717, 1.165) is 6.54 Å². The topological polar surface area (TPSA) is 108 Å². The van der Waals surface area contributed by atoms with Crippen LogP contribution >= 0.6 is 11.6 Å². The van der Waals surface area contributed by atoms with E-state index >= 15 is 0 Å².